The summed E-state index contributed by atoms with van der Waals surface area (Å²) in [5, 5.41) is 17.3. The number of benzene rings is 2. The van der Waals surface area contributed by atoms with Gasteiger partial charge in [0.2, 0.25) is 5.91 Å². The van der Waals surface area contributed by atoms with Crippen LogP contribution in [-0.4, -0.2) is 28.7 Å². The molecule has 0 radical (unpaired) electrons. The van der Waals surface area contributed by atoms with Crippen LogP contribution in [0.1, 0.15) is 42.5 Å². The van der Waals surface area contributed by atoms with Gasteiger partial charge in [0.05, 0.1) is 23.8 Å². The highest BCUT2D eigenvalue weighted by atomic mass is 16.6. The lowest BCUT2D eigenvalue weighted by molar-refractivity contribution is -0.384. The third-order valence-electron chi connectivity index (χ3n) is 5.53. The zero-order valence-electron chi connectivity index (χ0n) is 15.8. The van der Waals surface area contributed by atoms with E-state index in [2.05, 4.69) is 6.07 Å². The first-order valence-electron chi connectivity index (χ1n) is 9.35. The molecule has 0 bridgehead atoms. The fourth-order valence-corrected chi connectivity index (χ4v) is 4.11. The molecule has 2 aromatic rings. The Morgan fingerprint density at radius 2 is 2.04 bits per heavy atom. The average molecular weight is 379 g/mol. The molecule has 4 rings (SSSR count). The standard InChI is InChI=1S/C21H21N3O4/c1-3-19(25)23-21(14-4-8-15(9-5-14)24(26)27)17-11-7-13-6-10-16(28-2)12-18(13)20(17)22-23/h4-6,8-10,12,17,21H,3,7,11H2,1-2H3/t17-,21+/m1/s1. The van der Waals surface area contributed by atoms with E-state index in [4.69, 9.17) is 9.84 Å². The van der Waals surface area contributed by atoms with Crippen LogP contribution in [0.5, 0.6) is 5.75 Å². The summed E-state index contributed by atoms with van der Waals surface area (Å²) in [7, 11) is 1.63. The molecule has 0 unspecified atom stereocenters. The number of nitro benzene ring substituents is 1. The van der Waals surface area contributed by atoms with Crippen molar-refractivity contribution in [2.75, 3.05) is 7.11 Å². The largest absolute Gasteiger partial charge is 0.497 e. The van der Waals surface area contributed by atoms with Crippen LogP contribution in [-0.2, 0) is 11.2 Å². The highest BCUT2D eigenvalue weighted by molar-refractivity contribution is 6.07. The van der Waals surface area contributed by atoms with Gasteiger partial charge >= 0.3 is 0 Å². The van der Waals surface area contributed by atoms with E-state index in [0.717, 1.165) is 35.4 Å². The van der Waals surface area contributed by atoms with Crippen LogP contribution in [0.2, 0.25) is 0 Å². The number of amides is 1. The van der Waals surface area contributed by atoms with Gasteiger partial charge in [-0.25, -0.2) is 5.01 Å². The van der Waals surface area contributed by atoms with E-state index in [0.29, 0.717) is 6.42 Å². The molecule has 7 heteroatoms. The molecule has 0 saturated carbocycles. The molecular weight excluding hydrogens is 358 g/mol. The monoisotopic (exact) mass is 379 g/mol. The number of hydrogen-bond donors (Lipinski definition) is 0. The van der Waals surface area contributed by atoms with Crippen molar-refractivity contribution in [3.05, 3.63) is 69.3 Å². The predicted molar refractivity (Wildman–Crippen MR) is 104 cm³/mol. The first-order valence-corrected chi connectivity index (χ1v) is 9.35. The lowest BCUT2D eigenvalue weighted by Crippen LogP contribution is -2.31. The number of ether oxygens (including phenoxy) is 1. The van der Waals surface area contributed by atoms with Crippen LogP contribution in [0.25, 0.3) is 0 Å². The third kappa shape index (κ3) is 2.93. The van der Waals surface area contributed by atoms with Crippen molar-refractivity contribution in [1.82, 2.24) is 5.01 Å². The van der Waals surface area contributed by atoms with Crippen LogP contribution in [0.3, 0.4) is 0 Å². The summed E-state index contributed by atoms with van der Waals surface area (Å²) in [5.74, 6) is 0.750. The molecule has 2 aliphatic rings. The molecule has 2 atom stereocenters. The number of carbonyl (C=O) groups excluding carboxylic acids is 1. The maximum Gasteiger partial charge on any atom is 0.269 e. The van der Waals surface area contributed by atoms with Crippen molar-refractivity contribution >= 4 is 17.3 Å². The Labute approximate surface area is 162 Å². The topological polar surface area (TPSA) is 85.0 Å². The Kier molecular flexibility index (Phi) is 4.58. The molecule has 1 heterocycles. The summed E-state index contributed by atoms with van der Waals surface area (Å²) in [6.07, 6.45) is 2.10. The molecular formula is C21H21N3O4. The normalized spacial score (nSPS) is 20.2. The van der Waals surface area contributed by atoms with Gasteiger partial charge in [-0.2, -0.15) is 5.10 Å². The molecule has 1 amide bonds. The fraction of sp³-hybridized carbons (Fsp3) is 0.333. The number of nitro groups is 1. The third-order valence-corrected chi connectivity index (χ3v) is 5.53. The van der Waals surface area contributed by atoms with E-state index in [1.807, 2.05) is 19.1 Å². The summed E-state index contributed by atoms with van der Waals surface area (Å²) in [5.41, 5.74) is 4.01. The lowest BCUT2D eigenvalue weighted by atomic mass is 9.77. The second kappa shape index (κ2) is 7.07. The number of nitrogens with zero attached hydrogens (tertiary/aromatic N) is 3. The van der Waals surface area contributed by atoms with Crippen molar-refractivity contribution in [3.63, 3.8) is 0 Å². The first kappa shape index (κ1) is 18.2. The quantitative estimate of drug-likeness (QED) is 0.596. The van der Waals surface area contributed by atoms with Crippen LogP contribution >= 0.6 is 0 Å². The van der Waals surface area contributed by atoms with Gasteiger partial charge in [-0.15, -0.1) is 0 Å². The second-order valence-electron chi connectivity index (χ2n) is 7.04. The maximum absolute atomic E-state index is 12.6. The fourth-order valence-electron chi connectivity index (χ4n) is 4.11. The molecule has 0 saturated heterocycles. The number of methoxy groups -OCH3 is 1. The van der Waals surface area contributed by atoms with E-state index >= 15 is 0 Å². The van der Waals surface area contributed by atoms with Crippen LogP contribution in [0, 0.1) is 16.0 Å². The van der Waals surface area contributed by atoms with Gasteiger partial charge < -0.3 is 4.74 Å². The molecule has 1 aliphatic carbocycles. The summed E-state index contributed by atoms with van der Waals surface area (Å²) < 4.78 is 5.37. The molecule has 7 nitrogen and oxygen atoms in total. The Bertz CT molecular complexity index is 968. The van der Waals surface area contributed by atoms with E-state index in [1.165, 1.54) is 17.7 Å². The second-order valence-corrected chi connectivity index (χ2v) is 7.04. The minimum atomic E-state index is -0.418. The molecule has 0 N–H and O–H groups in total. The number of hydrogen-bond acceptors (Lipinski definition) is 5. The molecule has 0 fully saturated rings. The summed E-state index contributed by atoms with van der Waals surface area (Å²) >= 11 is 0. The van der Waals surface area contributed by atoms with Gasteiger partial charge in [-0.3, -0.25) is 14.9 Å². The van der Waals surface area contributed by atoms with Crippen molar-refractivity contribution in [1.29, 1.82) is 0 Å². The van der Waals surface area contributed by atoms with Gasteiger partial charge in [-0.05, 0) is 36.1 Å². The molecule has 2 aromatic carbocycles. The zero-order valence-corrected chi connectivity index (χ0v) is 15.8. The Morgan fingerprint density at radius 1 is 1.29 bits per heavy atom. The number of carbonyl (C=O) groups is 1. The van der Waals surface area contributed by atoms with Gasteiger partial charge in [-0.1, -0.05) is 25.1 Å². The van der Waals surface area contributed by atoms with Crippen LogP contribution < -0.4 is 4.74 Å². The van der Waals surface area contributed by atoms with E-state index in [1.54, 1.807) is 24.3 Å². The first-order chi connectivity index (χ1) is 13.5. The van der Waals surface area contributed by atoms with Crippen molar-refractivity contribution in [2.45, 2.75) is 32.2 Å². The Hall–Kier alpha value is -3.22. The van der Waals surface area contributed by atoms with Crippen molar-refractivity contribution in [2.24, 2.45) is 11.0 Å². The van der Waals surface area contributed by atoms with Crippen LogP contribution in [0.15, 0.2) is 47.6 Å². The number of rotatable bonds is 4. The van der Waals surface area contributed by atoms with E-state index < -0.39 is 4.92 Å². The summed E-state index contributed by atoms with van der Waals surface area (Å²) in [4.78, 5) is 23.2. The van der Waals surface area contributed by atoms with E-state index in [-0.39, 0.29) is 23.6 Å². The Balaban J connectivity index is 1.77. The highest BCUT2D eigenvalue weighted by Gasteiger charge is 2.43. The smallest absolute Gasteiger partial charge is 0.269 e. The number of fused-ring (bicyclic) bond motifs is 3. The maximum atomic E-state index is 12.6. The SMILES string of the molecule is CCC(=O)N1N=C2c3cc(OC)ccc3CC[C@H]2[C@@H]1c1ccc([N+](=O)[O-])cc1. The van der Waals surface area contributed by atoms with Crippen LogP contribution in [0.4, 0.5) is 5.69 Å². The minimum Gasteiger partial charge on any atom is -0.497 e. The Morgan fingerprint density at radius 3 is 2.68 bits per heavy atom. The average Bonchev–Trinajstić information content (AvgIpc) is 3.12. The zero-order chi connectivity index (χ0) is 19.8. The summed E-state index contributed by atoms with van der Waals surface area (Å²) in [6, 6.07) is 12.2. The highest BCUT2D eigenvalue weighted by Crippen LogP contribution is 2.44. The molecule has 144 valence electrons. The minimum absolute atomic E-state index is 0.0370. The van der Waals surface area contributed by atoms with Gasteiger partial charge in [0.25, 0.3) is 5.69 Å². The van der Waals surface area contributed by atoms with Gasteiger partial charge in [0.15, 0.2) is 0 Å². The molecule has 1 aliphatic heterocycles. The lowest BCUT2D eigenvalue weighted by Gasteiger charge is -2.29. The number of non-ortho nitro benzene ring substituents is 1. The van der Waals surface area contributed by atoms with Gasteiger partial charge in [0.1, 0.15) is 5.75 Å². The predicted octanol–water partition coefficient (Wildman–Crippen LogP) is 3.86. The molecule has 28 heavy (non-hydrogen) atoms. The van der Waals surface area contributed by atoms with Gasteiger partial charge in [0, 0.05) is 30.0 Å². The molecule has 0 spiro atoms. The van der Waals surface area contributed by atoms with E-state index in [9.17, 15) is 14.9 Å². The number of aryl methyl sites for hydroxylation is 1. The summed E-state index contributed by atoms with van der Waals surface area (Å²) in [6.45, 7) is 1.81. The van der Waals surface area contributed by atoms with Crippen molar-refractivity contribution < 1.29 is 14.5 Å². The van der Waals surface area contributed by atoms with Crippen molar-refractivity contribution in [3.8, 4) is 5.75 Å². The molecule has 0 aromatic heterocycles. The number of hydrazone groups is 1.